The van der Waals surface area contributed by atoms with Crippen molar-refractivity contribution in [2.75, 3.05) is 45.4 Å². The van der Waals surface area contributed by atoms with Crippen molar-refractivity contribution in [2.24, 2.45) is 0 Å². The first-order chi connectivity index (χ1) is 16.7. The molecule has 0 unspecified atom stereocenters. The van der Waals surface area contributed by atoms with E-state index in [1.807, 2.05) is 72.0 Å². The Morgan fingerprint density at radius 1 is 1.20 bits per heavy atom. The summed E-state index contributed by atoms with van der Waals surface area (Å²) in [6.45, 7) is 12.1. The molecule has 0 amide bonds. The molecule has 0 aliphatic carbocycles. The molecule has 196 valence electrons. The molecule has 0 atom stereocenters. The highest BCUT2D eigenvalue weighted by atomic mass is 32.1. The second-order valence-electron chi connectivity index (χ2n) is 7.04. The average molecular weight is 506 g/mol. The summed E-state index contributed by atoms with van der Waals surface area (Å²) in [6.07, 6.45) is 17.9. The Kier molecular flexibility index (Phi) is 26.2. The van der Waals surface area contributed by atoms with E-state index in [4.69, 9.17) is 9.84 Å². The van der Waals surface area contributed by atoms with Gasteiger partial charge in [-0.2, -0.15) is 8.75 Å². The van der Waals surface area contributed by atoms with E-state index in [9.17, 15) is 4.79 Å². The van der Waals surface area contributed by atoms with E-state index < -0.39 is 0 Å². The topological polar surface area (TPSA) is 99.6 Å². The minimum absolute atomic E-state index is 0.191. The Morgan fingerprint density at radius 3 is 2.26 bits per heavy atom. The Morgan fingerprint density at radius 2 is 1.77 bits per heavy atom. The van der Waals surface area contributed by atoms with Crippen molar-refractivity contribution in [3.8, 4) is 12.8 Å². The number of rotatable bonds is 12. The summed E-state index contributed by atoms with van der Waals surface area (Å²) in [5.74, 6) is 2.03. The van der Waals surface area contributed by atoms with Gasteiger partial charge in [0.2, 0.25) is 0 Å². The number of aliphatic hydroxyl groups is 1. The number of carbonyl (C=O) groups excluding carboxylic acids is 1. The van der Waals surface area contributed by atoms with Crippen LogP contribution in [-0.2, 0) is 9.53 Å². The van der Waals surface area contributed by atoms with Gasteiger partial charge in [-0.25, -0.2) is 0 Å². The van der Waals surface area contributed by atoms with Gasteiger partial charge >= 0.3 is 0 Å². The Bertz CT molecular complexity index is 834. The maximum Gasteiger partial charge on any atom is 0.188 e. The number of methoxy groups -OCH3 is 1. The van der Waals surface area contributed by atoms with Crippen LogP contribution in [0.15, 0.2) is 59.7 Å². The average Bonchev–Trinajstić information content (AvgIpc) is 3.27. The third-order valence-electron chi connectivity index (χ3n) is 3.28. The van der Waals surface area contributed by atoms with Gasteiger partial charge in [-0.3, -0.25) is 0 Å². The molecule has 0 saturated carbocycles. The van der Waals surface area contributed by atoms with E-state index in [1.54, 1.807) is 13.2 Å². The first-order valence-corrected chi connectivity index (χ1v) is 11.7. The number of hydrogen-bond acceptors (Lipinski definition) is 9. The van der Waals surface area contributed by atoms with E-state index in [0.717, 1.165) is 41.3 Å². The molecule has 0 aliphatic rings. The van der Waals surface area contributed by atoms with Gasteiger partial charge < -0.3 is 30.2 Å². The highest BCUT2D eigenvalue weighted by Gasteiger charge is 2.08. The van der Waals surface area contributed by atoms with Crippen LogP contribution in [0.1, 0.15) is 40.5 Å². The molecule has 1 aromatic rings. The molecule has 0 aliphatic heterocycles. The summed E-state index contributed by atoms with van der Waals surface area (Å²) in [5.41, 5.74) is 2.38. The fourth-order valence-electron chi connectivity index (χ4n) is 1.98. The first kappa shape index (κ1) is 36.2. The van der Waals surface area contributed by atoms with Gasteiger partial charge in [0.15, 0.2) is 11.6 Å². The van der Waals surface area contributed by atoms with Crippen LogP contribution < -0.4 is 10.6 Å². The Labute approximate surface area is 216 Å². The molecule has 3 N–H and O–H groups in total. The van der Waals surface area contributed by atoms with Crippen LogP contribution in [0, 0.1) is 12.8 Å². The number of hydrogen-bond donors (Lipinski definition) is 3. The third-order valence-corrected chi connectivity index (χ3v) is 3.81. The smallest absolute Gasteiger partial charge is 0.188 e. The first-order valence-electron chi connectivity index (χ1n) is 11.0. The summed E-state index contributed by atoms with van der Waals surface area (Å²) in [7, 11) is 7.61. The van der Waals surface area contributed by atoms with E-state index in [2.05, 4.69) is 38.8 Å². The van der Waals surface area contributed by atoms with Gasteiger partial charge in [0, 0.05) is 12.1 Å². The second kappa shape index (κ2) is 25.3. The van der Waals surface area contributed by atoms with E-state index in [1.165, 1.54) is 0 Å². The van der Waals surface area contributed by atoms with Crippen LogP contribution in [0.2, 0.25) is 0 Å². The molecule has 1 aromatic heterocycles. The predicted molar refractivity (Wildman–Crippen MR) is 152 cm³/mol. The zero-order valence-electron chi connectivity index (χ0n) is 22.5. The minimum Gasteiger partial charge on any atom is -0.515 e. The molecule has 0 radical (unpaired) electrons. The van der Waals surface area contributed by atoms with E-state index in [-0.39, 0.29) is 6.42 Å². The molecule has 0 aromatic carbocycles. The van der Waals surface area contributed by atoms with Crippen LogP contribution in [0.25, 0.3) is 0 Å². The monoisotopic (exact) mass is 505 g/mol. The molecule has 1 rings (SSSR count). The molecule has 0 fully saturated rings. The van der Waals surface area contributed by atoms with Crippen molar-refractivity contribution in [1.29, 1.82) is 0 Å². The van der Waals surface area contributed by atoms with E-state index in [0.29, 0.717) is 30.2 Å². The van der Waals surface area contributed by atoms with Gasteiger partial charge in [0.1, 0.15) is 12.0 Å². The number of aldehydes is 1. The minimum atomic E-state index is 0.191. The lowest BCUT2D eigenvalue weighted by Crippen LogP contribution is -2.09. The number of aromatic nitrogens is 2. The van der Waals surface area contributed by atoms with Gasteiger partial charge in [0.25, 0.3) is 0 Å². The molecule has 0 spiro atoms. The van der Waals surface area contributed by atoms with Crippen LogP contribution in [0.5, 0.6) is 0 Å². The molecular weight excluding hydrogens is 462 g/mol. The summed E-state index contributed by atoms with van der Waals surface area (Å²) in [4.78, 5) is 12.5. The van der Waals surface area contributed by atoms with E-state index >= 15 is 0 Å². The number of nitrogens with one attached hydrogen (secondary N) is 2. The largest absolute Gasteiger partial charge is 0.515 e. The van der Waals surface area contributed by atoms with Gasteiger partial charge in [-0.05, 0) is 53.1 Å². The molecule has 0 bridgehead atoms. The van der Waals surface area contributed by atoms with Crippen molar-refractivity contribution in [3.63, 3.8) is 0 Å². The molecule has 1 heterocycles. The van der Waals surface area contributed by atoms with Crippen LogP contribution >= 0.6 is 11.7 Å². The summed E-state index contributed by atoms with van der Waals surface area (Å²) in [6, 6.07) is 0. The van der Waals surface area contributed by atoms with Crippen molar-refractivity contribution < 1.29 is 14.6 Å². The number of carbonyl (C=O) groups is 1. The van der Waals surface area contributed by atoms with Gasteiger partial charge in [0.05, 0.1) is 31.6 Å². The number of terminal acetylenes is 1. The standard InChI is InChI=1S/C19H26N4O3S.C3H9N.C2H6.C2H2/c1-14(2)11-17(26-4)12-20-18-19(23-27-22-18)21-15(3)7-5-6-8-16(13-25)9-10-24;1-4(2)3;2*1-2/h6-8,10-11,13,25H,1,5,9,12H2,2-4H3,(H,20,22)(H,21,23);1-3H3;1-2H3;1-2H/b8-6?,15-7+,16-13-,17-11-;;;. The number of ether oxygens (including phenoxy) is 1. The predicted octanol–water partition coefficient (Wildman–Crippen LogP) is 5.80. The fourth-order valence-corrected chi connectivity index (χ4v) is 2.46. The molecule has 8 nitrogen and oxygen atoms in total. The number of aliphatic hydroxyl groups excluding tert-OH is 1. The molecular formula is C26H43N5O3S. The third kappa shape index (κ3) is 22.2. The van der Waals surface area contributed by atoms with Crippen LogP contribution in [0.4, 0.5) is 11.6 Å². The zero-order valence-corrected chi connectivity index (χ0v) is 23.3. The number of allylic oxidation sites excluding steroid dienone is 7. The highest BCUT2D eigenvalue weighted by molar-refractivity contribution is 6.99. The number of nitrogens with zero attached hydrogens (tertiary/aromatic N) is 3. The molecule has 9 heteroatoms. The zero-order chi connectivity index (χ0) is 27.6. The lowest BCUT2D eigenvalue weighted by molar-refractivity contribution is -0.107. The van der Waals surface area contributed by atoms with Crippen LogP contribution in [0.3, 0.4) is 0 Å². The molecule has 0 saturated heterocycles. The van der Waals surface area contributed by atoms with Gasteiger partial charge in [-0.1, -0.05) is 44.2 Å². The summed E-state index contributed by atoms with van der Waals surface area (Å²) >= 11 is 1.11. The maximum absolute atomic E-state index is 10.5. The van der Waals surface area contributed by atoms with Crippen molar-refractivity contribution in [1.82, 2.24) is 13.6 Å². The van der Waals surface area contributed by atoms with Crippen molar-refractivity contribution in [2.45, 2.75) is 40.5 Å². The Hall–Kier alpha value is -3.35. The fraction of sp³-hybridized carbons (Fsp3) is 0.423. The normalized spacial score (nSPS) is 11.2. The maximum atomic E-state index is 10.5. The van der Waals surface area contributed by atoms with Crippen LogP contribution in [-0.4, -0.2) is 59.8 Å². The quantitative estimate of drug-likeness (QED) is 0.142. The summed E-state index contributed by atoms with van der Waals surface area (Å²) < 4.78 is 13.8. The van der Waals surface area contributed by atoms with Crippen molar-refractivity contribution in [3.05, 3.63) is 59.7 Å². The van der Waals surface area contributed by atoms with Gasteiger partial charge in [-0.15, -0.1) is 12.8 Å². The lowest BCUT2D eigenvalue weighted by atomic mass is 10.2. The summed E-state index contributed by atoms with van der Waals surface area (Å²) in [5, 5.41) is 15.4. The number of anilines is 2. The highest BCUT2D eigenvalue weighted by Crippen LogP contribution is 2.20. The molecule has 35 heavy (non-hydrogen) atoms. The lowest BCUT2D eigenvalue weighted by Gasteiger charge is -2.09. The second-order valence-corrected chi connectivity index (χ2v) is 7.57. The SMILES string of the molecule is C#C.C=C(C)/C=C(/CNc1nsnc1N/C(C)=C/CC=C/C(=C/O)CC=O)OC.CC.CN(C)C. The Balaban J connectivity index is -0.00000113. The van der Waals surface area contributed by atoms with Crippen molar-refractivity contribution >= 4 is 29.7 Å².